The van der Waals surface area contributed by atoms with Crippen LogP contribution in [-0.2, 0) is 0 Å². The molecule has 0 saturated carbocycles. The Balaban J connectivity index is 1.14. The van der Waals surface area contributed by atoms with Crippen molar-refractivity contribution in [2.75, 3.05) is 4.90 Å². The van der Waals surface area contributed by atoms with E-state index in [2.05, 4.69) is 193 Å². The third-order valence-corrected chi connectivity index (χ3v) is 9.40. The molecular weight excluding hydrogens is 567 g/mol. The fourth-order valence-corrected chi connectivity index (χ4v) is 7.02. The molecule has 220 valence electrons. The molecule has 0 radical (unpaired) electrons. The summed E-state index contributed by atoms with van der Waals surface area (Å²) in [6, 6.07) is 68.3. The van der Waals surface area contributed by atoms with E-state index >= 15 is 0 Å². The quantitative estimate of drug-likeness (QED) is 0.178. The van der Waals surface area contributed by atoms with Crippen molar-refractivity contribution in [3.05, 3.63) is 188 Å². The largest absolute Gasteiger partial charge is 0.310 e. The Bertz CT molecular complexity index is 2560. The fraction of sp³-hybridized carbons (Fsp3) is 0. The van der Waals surface area contributed by atoms with E-state index in [4.69, 9.17) is 0 Å². The first-order valence-corrected chi connectivity index (χ1v) is 16.2. The Labute approximate surface area is 274 Å². The molecule has 0 fully saturated rings. The molecule has 0 unspecified atom stereocenters. The maximum atomic E-state index is 2.36. The Kier molecular flexibility index (Phi) is 6.54. The van der Waals surface area contributed by atoms with Gasteiger partial charge in [0, 0.05) is 17.1 Å². The highest BCUT2D eigenvalue weighted by atomic mass is 15.1. The van der Waals surface area contributed by atoms with E-state index in [1.54, 1.807) is 0 Å². The summed E-state index contributed by atoms with van der Waals surface area (Å²) in [6.45, 7) is 0. The van der Waals surface area contributed by atoms with Crippen LogP contribution in [0.3, 0.4) is 0 Å². The molecule has 0 aliphatic heterocycles. The molecule has 0 aliphatic rings. The minimum Gasteiger partial charge on any atom is -0.310 e. The van der Waals surface area contributed by atoms with Crippen molar-refractivity contribution in [2.24, 2.45) is 0 Å². The van der Waals surface area contributed by atoms with Crippen LogP contribution in [0.25, 0.3) is 65.3 Å². The van der Waals surface area contributed by atoms with Gasteiger partial charge in [0.15, 0.2) is 0 Å². The van der Waals surface area contributed by atoms with Crippen LogP contribution in [0.4, 0.5) is 17.1 Å². The number of hydrogen-bond donors (Lipinski definition) is 0. The highest BCUT2D eigenvalue weighted by molar-refractivity contribution is 6.13. The zero-order chi connectivity index (χ0) is 31.2. The molecule has 9 aromatic carbocycles. The van der Waals surface area contributed by atoms with Crippen LogP contribution in [0.1, 0.15) is 0 Å². The standard InChI is InChI=1S/C46H31N/c1-3-11-36-29-38(18-17-32(36)9-1)34-19-24-40(25-20-34)47(42-28-21-33-10-2-4-12-37(33)30-42)41-26-22-35(23-27-41)46-31-39-13-5-6-14-43(39)44-15-7-8-16-45(44)46/h1-31H. The van der Waals surface area contributed by atoms with Gasteiger partial charge < -0.3 is 4.90 Å². The zero-order valence-corrected chi connectivity index (χ0v) is 25.8. The molecule has 1 nitrogen and oxygen atoms in total. The predicted molar refractivity (Wildman–Crippen MR) is 202 cm³/mol. The van der Waals surface area contributed by atoms with E-state index in [0.29, 0.717) is 0 Å². The molecule has 0 aromatic heterocycles. The Morgan fingerprint density at radius 3 is 1.40 bits per heavy atom. The van der Waals surface area contributed by atoms with E-state index < -0.39 is 0 Å². The Morgan fingerprint density at radius 2 is 0.723 bits per heavy atom. The van der Waals surface area contributed by atoms with Crippen LogP contribution in [0, 0.1) is 0 Å². The van der Waals surface area contributed by atoms with E-state index in [9.17, 15) is 0 Å². The topological polar surface area (TPSA) is 3.24 Å². The van der Waals surface area contributed by atoms with Crippen LogP contribution in [-0.4, -0.2) is 0 Å². The van der Waals surface area contributed by atoms with Gasteiger partial charge in [-0.1, -0.05) is 140 Å². The average molecular weight is 598 g/mol. The van der Waals surface area contributed by atoms with E-state index in [0.717, 1.165) is 17.1 Å². The summed E-state index contributed by atoms with van der Waals surface area (Å²) in [6.07, 6.45) is 0. The van der Waals surface area contributed by atoms with Gasteiger partial charge in [-0.25, -0.2) is 0 Å². The lowest BCUT2D eigenvalue weighted by Gasteiger charge is -2.26. The van der Waals surface area contributed by atoms with Crippen molar-refractivity contribution in [3.8, 4) is 22.3 Å². The van der Waals surface area contributed by atoms with Gasteiger partial charge in [-0.3, -0.25) is 0 Å². The van der Waals surface area contributed by atoms with Crippen molar-refractivity contribution in [3.63, 3.8) is 0 Å². The smallest absolute Gasteiger partial charge is 0.0468 e. The van der Waals surface area contributed by atoms with Crippen molar-refractivity contribution >= 4 is 60.2 Å². The number of fused-ring (bicyclic) bond motifs is 5. The van der Waals surface area contributed by atoms with Crippen LogP contribution in [0.15, 0.2) is 188 Å². The van der Waals surface area contributed by atoms with Gasteiger partial charge in [0.1, 0.15) is 0 Å². The Hall–Kier alpha value is -6.18. The lowest BCUT2D eigenvalue weighted by atomic mass is 9.93. The van der Waals surface area contributed by atoms with Crippen molar-refractivity contribution < 1.29 is 0 Å². The summed E-state index contributed by atoms with van der Waals surface area (Å²) in [4.78, 5) is 2.36. The zero-order valence-electron chi connectivity index (χ0n) is 25.8. The van der Waals surface area contributed by atoms with E-state index in [-0.39, 0.29) is 0 Å². The molecule has 1 heteroatoms. The average Bonchev–Trinajstić information content (AvgIpc) is 3.15. The number of hydrogen-bond acceptors (Lipinski definition) is 1. The van der Waals surface area contributed by atoms with Crippen molar-refractivity contribution in [2.45, 2.75) is 0 Å². The van der Waals surface area contributed by atoms with Crippen LogP contribution in [0.5, 0.6) is 0 Å². The predicted octanol–water partition coefficient (Wildman–Crippen LogP) is 13.1. The van der Waals surface area contributed by atoms with Gasteiger partial charge in [-0.05, 0) is 114 Å². The lowest BCUT2D eigenvalue weighted by molar-refractivity contribution is 1.29. The molecule has 47 heavy (non-hydrogen) atoms. The maximum absolute atomic E-state index is 2.36. The summed E-state index contributed by atoms with van der Waals surface area (Å²) in [7, 11) is 0. The van der Waals surface area contributed by atoms with Gasteiger partial charge >= 0.3 is 0 Å². The summed E-state index contributed by atoms with van der Waals surface area (Å²) < 4.78 is 0. The second kappa shape index (κ2) is 11.3. The molecular formula is C46H31N. The van der Waals surface area contributed by atoms with Crippen molar-refractivity contribution in [1.82, 2.24) is 0 Å². The first-order valence-electron chi connectivity index (χ1n) is 16.2. The fourth-order valence-electron chi connectivity index (χ4n) is 7.02. The summed E-state index contributed by atoms with van der Waals surface area (Å²) >= 11 is 0. The maximum Gasteiger partial charge on any atom is 0.0468 e. The number of nitrogens with zero attached hydrogens (tertiary/aromatic N) is 1. The Morgan fingerprint density at radius 1 is 0.255 bits per heavy atom. The van der Waals surface area contributed by atoms with E-state index in [1.807, 2.05) is 0 Å². The molecule has 0 aliphatic carbocycles. The molecule has 9 rings (SSSR count). The summed E-state index contributed by atoms with van der Waals surface area (Å²) in [5, 5.41) is 10.1. The normalized spacial score (nSPS) is 11.4. The molecule has 0 heterocycles. The summed E-state index contributed by atoms with van der Waals surface area (Å²) in [5.74, 6) is 0. The number of rotatable bonds is 5. The van der Waals surface area contributed by atoms with Crippen LogP contribution in [0.2, 0.25) is 0 Å². The lowest BCUT2D eigenvalue weighted by Crippen LogP contribution is -2.09. The third-order valence-electron chi connectivity index (χ3n) is 9.40. The SMILES string of the molecule is c1ccc2cc(-c3ccc(N(c4ccc(-c5cc6ccccc6c6ccccc56)cc4)c4ccc5ccccc5c4)cc3)ccc2c1. The van der Waals surface area contributed by atoms with Gasteiger partial charge in [-0.15, -0.1) is 0 Å². The van der Waals surface area contributed by atoms with Gasteiger partial charge in [-0.2, -0.15) is 0 Å². The minimum absolute atomic E-state index is 1.12. The number of benzene rings is 9. The van der Waals surface area contributed by atoms with Crippen molar-refractivity contribution in [1.29, 1.82) is 0 Å². The second-order valence-electron chi connectivity index (χ2n) is 12.2. The molecule has 0 bridgehead atoms. The monoisotopic (exact) mass is 597 g/mol. The molecule has 0 saturated heterocycles. The molecule has 0 spiro atoms. The molecule has 0 amide bonds. The van der Waals surface area contributed by atoms with E-state index in [1.165, 1.54) is 65.3 Å². The molecule has 0 N–H and O–H groups in total. The third kappa shape index (κ3) is 4.90. The van der Waals surface area contributed by atoms with Crippen LogP contribution >= 0.6 is 0 Å². The van der Waals surface area contributed by atoms with Crippen LogP contribution < -0.4 is 4.90 Å². The second-order valence-corrected chi connectivity index (χ2v) is 12.2. The highest BCUT2D eigenvalue weighted by Crippen LogP contribution is 2.40. The minimum atomic E-state index is 1.12. The molecule has 0 atom stereocenters. The highest BCUT2D eigenvalue weighted by Gasteiger charge is 2.15. The first-order chi connectivity index (χ1) is 23.3. The first kappa shape index (κ1) is 27.2. The number of anilines is 3. The van der Waals surface area contributed by atoms with Gasteiger partial charge in [0.25, 0.3) is 0 Å². The van der Waals surface area contributed by atoms with Gasteiger partial charge in [0.05, 0.1) is 0 Å². The van der Waals surface area contributed by atoms with Gasteiger partial charge in [0.2, 0.25) is 0 Å². The summed E-state index contributed by atoms with van der Waals surface area (Å²) in [5.41, 5.74) is 8.26. The molecule has 9 aromatic rings.